The van der Waals surface area contributed by atoms with E-state index in [1.807, 2.05) is 35.2 Å². The summed E-state index contributed by atoms with van der Waals surface area (Å²) >= 11 is 0. The smallest absolute Gasteiger partial charge is 0.140 e. The van der Waals surface area contributed by atoms with Crippen LogP contribution in [-0.2, 0) is 0 Å². The highest BCUT2D eigenvalue weighted by molar-refractivity contribution is 5.80. The molecule has 3 rings (SSSR count). The molecule has 0 aromatic carbocycles. The van der Waals surface area contributed by atoms with Gasteiger partial charge in [0.1, 0.15) is 11.6 Å². The summed E-state index contributed by atoms with van der Waals surface area (Å²) < 4.78 is 7.36. The van der Waals surface area contributed by atoms with Crippen LogP contribution in [-0.4, -0.2) is 21.6 Å². The number of fused-ring (bicyclic) bond motifs is 1. The van der Waals surface area contributed by atoms with Gasteiger partial charge in [-0.25, -0.2) is 4.98 Å². The molecule has 4 heteroatoms. The third-order valence-corrected chi connectivity index (χ3v) is 3.07. The van der Waals surface area contributed by atoms with Gasteiger partial charge in [-0.1, -0.05) is 5.92 Å². The van der Waals surface area contributed by atoms with Crippen LogP contribution in [0, 0.1) is 11.8 Å². The Kier molecular flexibility index (Phi) is 3.10. The summed E-state index contributed by atoms with van der Waals surface area (Å²) in [7, 11) is 1.63. The molecule has 20 heavy (non-hydrogen) atoms. The first kappa shape index (κ1) is 12.2. The molecule has 3 aromatic heterocycles. The number of nitrogens with zero attached hydrogens (tertiary/aromatic N) is 3. The normalized spacial score (nSPS) is 10.1. The number of hydrogen-bond acceptors (Lipinski definition) is 3. The lowest BCUT2D eigenvalue weighted by Crippen LogP contribution is -1.98. The van der Waals surface area contributed by atoms with Gasteiger partial charge >= 0.3 is 0 Å². The lowest BCUT2D eigenvalue weighted by molar-refractivity contribution is 0.413. The summed E-state index contributed by atoms with van der Waals surface area (Å²) in [4.78, 5) is 8.61. The van der Waals surface area contributed by atoms with Crippen molar-refractivity contribution in [3.05, 3.63) is 48.5 Å². The predicted octanol–water partition coefficient (Wildman–Crippen LogP) is 2.80. The van der Waals surface area contributed by atoms with Gasteiger partial charge in [-0.15, -0.1) is 5.92 Å². The Morgan fingerprint density at radius 3 is 2.95 bits per heavy atom. The Bertz CT molecular complexity index is 824. The van der Waals surface area contributed by atoms with Crippen molar-refractivity contribution in [1.82, 2.24) is 14.5 Å². The van der Waals surface area contributed by atoms with Gasteiger partial charge in [-0.2, -0.15) is 0 Å². The minimum atomic E-state index is 0.718. The van der Waals surface area contributed by atoms with Crippen LogP contribution < -0.4 is 4.74 Å². The molecule has 0 radical (unpaired) electrons. The van der Waals surface area contributed by atoms with Gasteiger partial charge in [0, 0.05) is 30.0 Å². The first-order valence-corrected chi connectivity index (χ1v) is 6.21. The number of methoxy groups -OCH3 is 1. The molecule has 0 saturated carbocycles. The molecule has 0 aliphatic rings. The summed E-state index contributed by atoms with van der Waals surface area (Å²) in [5.74, 6) is 7.33. The van der Waals surface area contributed by atoms with Crippen LogP contribution in [0.15, 0.2) is 43.0 Å². The number of ether oxygens (including phenoxy) is 1. The second-order valence-electron chi connectivity index (χ2n) is 4.24. The summed E-state index contributed by atoms with van der Waals surface area (Å²) in [5, 5.41) is 1.12. The summed E-state index contributed by atoms with van der Waals surface area (Å²) in [6, 6.07) is 5.89. The molecule has 0 bridgehead atoms. The monoisotopic (exact) mass is 263 g/mol. The Balaban J connectivity index is 2.16. The average Bonchev–Trinajstić information content (AvgIpc) is 2.92. The maximum absolute atomic E-state index is 5.38. The first-order valence-electron chi connectivity index (χ1n) is 6.21. The molecule has 3 heterocycles. The largest absolute Gasteiger partial charge is 0.495 e. The molecular weight excluding hydrogens is 250 g/mol. The zero-order valence-corrected chi connectivity index (χ0v) is 11.3. The molecule has 0 atom stereocenters. The highest BCUT2D eigenvalue weighted by Crippen LogP contribution is 2.23. The van der Waals surface area contributed by atoms with E-state index in [9.17, 15) is 0 Å². The maximum atomic E-state index is 5.38. The minimum Gasteiger partial charge on any atom is -0.495 e. The molecular formula is C16H13N3O. The van der Waals surface area contributed by atoms with Crippen molar-refractivity contribution in [3.8, 4) is 23.4 Å². The van der Waals surface area contributed by atoms with Gasteiger partial charge in [0.15, 0.2) is 0 Å². The fraction of sp³-hybridized carbons (Fsp3) is 0.125. The molecule has 4 nitrogen and oxygen atoms in total. The van der Waals surface area contributed by atoms with Crippen molar-refractivity contribution in [2.45, 2.75) is 6.92 Å². The molecule has 0 amide bonds. The highest BCUT2D eigenvalue weighted by atomic mass is 16.5. The van der Waals surface area contributed by atoms with E-state index < -0.39 is 0 Å². The quantitative estimate of drug-likeness (QED) is 0.667. The van der Waals surface area contributed by atoms with E-state index in [0.29, 0.717) is 0 Å². The highest BCUT2D eigenvalue weighted by Gasteiger charge is 2.08. The van der Waals surface area contributed by atoms with Crippen LogP contribution in [0.5, 0.6) is 5.75 Å². The van der Waals surface area contributed by atoms with Crippen LogP contribution >= 0.6 is 0 Å². The Morgan fingerprint density at radius 2 is 2.15 bits per heavy atom. The van der Waals surface area contributed by atoms with Crippen molar-refractivity contribution in [1.29, 1.82) is 0 Å². The van der Waals surface area contributed by atoms with Crippen LogP contribution in [0.25, 0.3) is 16.7 Å². The fourth-order valence-electron chi connectivity index (χ4n) is 2.13. The number of rotatable bonds is 2. The van der Waals surface area contributed by atoms with Crippen molar-refractivity contribution in [2.24, 2.45) is 0 Å². The van der Waals surface area contributed by atoms with Gasteiger partial charge in [0.25, 0.3) is 0 Å². The number of pyridine rings is 2. The molecule has 0 fully saturated rings. The zero-order chi connectivity index (χ0) is 13.9. The van der Waals surface area contributed by atoms with Crippen LogP contribution in [0.4, 0.5) is 0 Å². The summed E-state index contributed by atoms with van der Waals surface area (Å²) in [5.41, 5.74) is 1.80. The maximum Gasteiger partial charge on any atom is 0.140 e. The van der Waals surface area contributed by atoms with E-state index in [0.717, 1.165) is 28.0 Å². The lowest BCUT2D eigenvalue weighted by atomic mass is 10.2. The second kappa shape index (κ2) is 5.06. The van der Waals surface area contributed by atoms with E-state index in [-0.39, 0.29) is 0 Å². The van der Waals surface area contributed by atoms with E-state index in [1.54, 1.807) is 26.4 Å². The molecule has 3 aromatic rings. The molecule has 98 valence electrons. The van der Waals surface area contributed by atoms with Crippen molar-refractivity contribution in [3.63, 3.8) is 0 Å². The summed E-state index contributed by atoms with van der Waals surface area (Å²) in [6.45, 7) is 1.79. The van der Waals surface area contributed by atoms with Crippen LogP contribution in [0.3, 0.4) is 0 Å². The van der Waals surface area contributed by atoms with Gasteiger partial charge < -0.3 is 4.74 Å². The molecule has 0 saturated heterocycles. The van der Waals surface area contributed by atoms with E-state index >= 15 is 0 Å². The predicted molar refractivity (Wildman–Crippen MR) is 78.0 cm³/mol. The zero-order valence-electron chi connectivity index (χ0n) is 11.3. The van der Waals surface area contributed by atoms with Crippen LogP contribution in [0.1, 0.15) is 12.5 Å². The molecule has 0 aliphatic heterocycles. The van der Waals surface area contributed by atoms with E-state index in [4.69, 9.17) is 4.74 Å². The van der Waals surface area contributed by atoms with Gasteiger partial charge in [-0.05, 0) is 19.1 Å². The molecule has 0 spiro atoms. The summed E-state index contributed by atoms with van der Waals surface area (Å²) in [6.07, 6.45) is 7.30. The Morgan fingerprint density at radius 1 is 1.25 bits per heavy atom. The lowest BCUT2D eigenvalue weighted by Gasteiger charge is -2.08. The minimum absolute atomic E-state index is 0.718. The molecule has 0 N–H and O–H groups in total. The molecule has 0 aliphatic carbocycles. The first-order chi connectivity index (χ1) is 9.83. The van der Waals surface area contributed by atoms with Gasteiger partial charge in [-0.3, -0.25) is 9.55 Å². The second-order valence-corrected chi connectivity index (χ2v) is 4.24. The third kappa shape index (κ3) is 1.99. The SMILES string of the molecule is CC#Cc1cnc(-n2ccc3ccncc32)cc1OC. The standard InChI is InChI=1S/C16H13N3O/c1-3-4-13-10-18-16(9-15(13)20-2)19-8-6-12-5-7-17-11-14(12)19/h5-11H,1-2H3. The van der Waals surface area contributed by atoms with Crippen molar-refractivity contribution in [2.75, 3.05) is 7.11 Å². The average molecular weight is 263 g/mol. The third-order valence-electron chi connectivity index (χ3n) is 3.07. The molecule has 0 unspecified atom stereocenters. The van der Waals surface area contributed by atoms with E-state index in [1.165, 1.54) is 0 Å². The number of aromatic nitrogens is 3. The van der Waals surface area contributed by atoms with E-state index in [2.05, 4.69) is 21.8 Å². The van der Waals surface area contributed by atoms with Crippen molar-refractivity contribution < 1.29 is 4.74 Å². The fourth-order valence-corrected chi connectivity index (χ4v) is 2.13. The van der Waals surface area contributed by atoms with Gasteiger partial charge in [0.05, 0.1) is 24.4 Å². The topological polar surface area (TPSA) is 39.9 Å². The van der Waals surface area contributed by atoms with Crippen molar-refractivity contribution >= 4 is 10.9 Å². The Labute approximate surface area is 117 Å². The Hall–Kier alpha value is -2.80. The van der Waals surface area contributed by atoms with Crippen LogP contribution in [0.2, 0.25) is 0 Å². The van der Waals surface area contributed by atoms with Gasteiger partial charge in [0.2, 0.25) is 0 Å². The number of hydrogen-bond donors (Lipinski definition) is 0.